The second-order valence-corrected chi connectivity index (χ2v) is 11.7. The van der Waals surface area contributed by atoms with Crippen molar-refractivity contribution in [3.63, 3.8) is 0 Å². The molecule has 5 rings (SSSR count). The molecule has 1 saturated carbocycles. The normalized spacial score (nSPS) is 14.9. The summed E-state index contributed by atoms with van der Waals surface area (Å²) in [6, 6.07) is 13.3. The van der Waals surface area contributed by atoms with Gasteiger partial charge in [0.25, 0.3) is 10.0 Å². The molecule has 1 atom stereocenters. The minimum absolute atomic E-state index is 0.124. The molecule has 1 amide bonds. The molecule has 192 valence electrons. The number of ether oxygens (including phenoxy) is 1. The van der Waals surface area contributed by atoms with Crippen LogP contribution in [0.1, 0.15) is 43.6 Å². The number of nitrogens with zero attached hydrogens (tertiary/aromatic N) is 3. The monoisotopic (exact) mass is 537 g/mol. The van der Waals surface area contributed by atoms with Crippen molar-refractivity contribution in [2.45, 2.75) is 42.9 Å². The Hall–Kier alpha value is -3.57. The number of benzene rings is 1. The maximum atomic E-state index is 13.5. The van der Waals surface area contributed by atoms with E-state index in [1.54, 1.807) is 49.6 Å². The van der Waals surface area contributed by atoms with Gasteiger partial charge in [-0.05, 0) is 48.2 Å². The molecule has 1 aliphatic rings. The van der Waals surface area contributed by atoms with Crippen LogP contribution in [0.25, 0.3) is 10.3 Å². The number of pyridine rings is 2. The number of carbonyl (C=O) groups is 1. The first-order valence-corrected chi connectivity index (χ1v) is 14.4. The van der Waals surface area contributed by atoms with Crippen molar-refractivity contribution >= 4 is 48.4 Å². The van der Waals surface area contributed by atoms with Gasteiger partial charge in [-0.3, -0.25) is 14.5 Å². The van der Waals surface area contributed by atoms with Gasteiger partial charge in [-0.25, -0.2) is 18.4 Å². The molecule has 1 aromatic carbocycles. The number of methoxy groups -OCH3 is 1. The van der Waals surface area contributed by atoms with Gasteiger partial charge in [-0.15, -0.1) is 0 Å². The van der Waals surface area contributed by atoms with E-state index in [9.17, 15) is 13.2 Å². The van der Waals surface area contributed by atoms with Gasteiger partial charge in [0.15, 0.2) is 5.13 Å². The van der Waals surface area contributed by atoms with Crippen molar-refractivity contribution in [2.24, 2.45) is 5.92 Å². The Bertz CT molecular complexity index is 1480. The Morgan fingerprint density at radius 3 is 2.49 bits per heavy atom. The number of aromatic nitrogens is 3. The van der Waals surface area contributed by atoms with Gasteiger partial charge in [0.2, 0.25) is 11.8 Å². The molecule has 9 nitrogen and oxygen atoms in total. The fraction of sp³-hybridized carbons (Fsp3) is 0.308. The first-order valence-electron chi connectivity index (χ1n) is 12.1. The zero-order chi connectivity index (χ0) is 25.8. The smallest absolute Gasteiger partial charge is 0.261 e. The second kappa shape index (κ2) is 10.8. The zero-order valence-electron chi connectivity index (χ0n) is 20.3. The summed E-state index contributed by atoms with van der Waals surface area (Å²) in [5.74, 6) is 0.348. The van der Waals surface area contributed by atoms with E-state index in [4.69, 9.17) is 4.74 Å². The standard InChI is InChI=1S/C26H27N5O4S2/c1-35-23-11-10-22-25(29-23)36-26(28-22)30-24(32)21(16-17-4-2-3-5-17)18-6-8-20(9-7-18)37(33,34)31-19-12-14-27-15-13-19/h6-15,17,21H,2-5,16H2,1H3,(H,27,31)(H,28,30,32). The van der Waals surface area contributed by atoms with E-state index >= 15 is 0 Å². The highest BCUT2D eigenvalue weighted by molar-refractivity contribution is 7.92. The van der Waals surface area contributed by atoms with E-state index in [2.05, 4.69) is 25.0 Å². The Labute approximate surface area is 219 Å². The maximum absolute atomic E-state index is 13.5. The number of sulfonamides is 1. The number of hydrogen-bond donors (Lipinski definition) is 2. The van der Waals surface area contributed by atoms with Gasteiger partial charge in [0.05, 0.1) is 23.6 Å². The van der Waals surface area contributed by atoms with Crippen LogP contribution in [0, 0.1) is 5.92 Å². The molecule has 0 aliphatic heterocycles. The molecule has 37 heavy (non-hydrogen) atoms. The van der Waals surface area contributed by atoms with Crippen LogP contribution in [-0.2, 0) is 14.8 Å². The summed E-state index contributed by atoms with van der Waals surface area (Å²) in [7, 11) is -2.22. The van der Waals surface area contributed by atoms with Crippen molar-refractivity contribution in [3.05, 3.63) is 66.5 Å². The Kier molecular flexibility index (Phi) is 7.33. The number of thiazole rings is 1. The zero-order valence-corrected chi connectivity index (χ0v) is 21.9. The molecule has 2 N–H and O–H groups in total. The summed E-state index contributed by atoms with van der Waals surface area (Å²) in [6.07, 6.45) is 8.26. The molecule has 3 aromatic heterocycles. The molecule has 0 saturated heterocycles. The minimum atomic E-state index is -3.77. The highest BCUT2D eigenvalue weighted by Gasteiger charge is 2.28. The third kappa shape index (κ3) is 5.89. The van der Waals surface area contributed by atoms with Crippen LogP contribution < -0.4 is 14.8 Å². The third-order valence-corrected chi connectivity index (χ3v) is 8.83. The van der Waals surface area contributed by atoms with Gasteiger partial charge < -0.3 is 10.1 Å². The summed E-state index contributed by atoms with van der Waals surface area (Å²) in [4.78, 5) is 27.1. The van der Waals surface area contributed by atoms with Crippen LogP contribution in [0.4, 0.5) is 10.8 Å². The molecule has 0 bridgehead atoms. The van der Waals surface area contributed by atoms with E-state index in [1.807, 2.05) is 6.07 Å². The van der Waals surface area contributed by atoms with E-state index in [0.29, 0.717) is 39.4 Å². The van der Waals surface area contributed by atoms with Gasteiger partial charge in [-0.2, -0.15) is 0 Å². The maximum Gasteiger partial charge on any atom is 0.261 e. The SMILES string of the molecule is COc1ccc2nc(NC(=O)C(CC3CCCC3)c3ccc(S(=O)(=O)Nc4ccncc4)cc3)sc2n1. The highest BCUT2D eigenvalue weighted by Crippen LogP contribution is 2.36. The van der Waals surface area contributed by atoms with Crippen molar-refractivity contribution in [2.75, 3.05) is 17.1 Å². The second-order valence-electron chi connectivity index (χ2n) is 9.04. The number of amides is 1. The van der Waals surface area contributed by atoms with Crippen LogP contribution in [0.15, 0.2) is 65.8 Å². The Morgan fingerprint density at radius 2 is 1.78 bits per heavy atom. The molecule has 1 fully saturated rings. The van der Waals surface area contributed by atoms with Crippen LogP contribution in [0.3, 0.4) is 0 Å². The van der Waals surface area contributed by atoms with Crippen LogP contribution in [-0.4, -0.2) is 36.4 Å². The molecule has 0 spiro atoms. The lowest BCUT2D eigenvalue weighted by molar-refractivity contribution is -0.118. The van der Waals surface area contributed by atoms with Gasteiger partial charge >= 0.3 is 0 Å². The van der Waals surface area contributed by atoms with E-state index < -0.39 is 15.9 Å². The lowest BCUT2D eigenvalue weighted by Crippen LogP contribution is -2.23. The van der Waals surface area contributed by atoms with E-state index in [-0.39, 0.29) is 10.8 Å². The summed E-state index contributed by atoms with van der Waals surface area (Å²) in [6.45, 7) is 0. The molecular formula is C26H27N5O4S2. The minimum Gasteiger partial charge on any atom is -0.481 e. The molecule has 11 heteroatoms. The van der Waals surface area contributed by atoms with Gasteiger partial charge in [-0.1, -0.05) is 49.2 Å². The van der Waals surface area contributed by atoms with Crippen molar-refractivity contribution < 1.29 is 17.9 Å². The topological polar surface area (TPSA) is 123 Å². The molecule has 1 unspecified atom stereocenters. The summed E-state index contributed by atoms with van der Waals surface area (Å²) < 4.78 is 33.4. The Balaban J connectivity index is 1.37. The predicted molar refractivity (Wildman–Crippen MR) is 143 cm³/mol. The van der Waals surface area contributed by atoms with E-state index in [1.165, 1.54) is 36.6 Å². The number of nitrogens with one attached hydrogen (secondary N) is 2. The Morgan fingerprint density at radius 1 is 1.05 bits per heavy atom. The first kappa shape index (κ1) is 25.1. The fourth-order valence-corrected chi connectivity index (χ4v) is 6.54. The van der Waals surface area contributed by atoms with Crippen LogP contribution in [0.5, 0.6) is 5.88 Å². The average Bonchev–Trinajstić information content (AvgIpc) is 3.56. The number of fused-ring (bicyclic) bond motifs is 1. The first-order chi connectivity index (χ1) is 17.9. The number of carbonyl (C=O) groups excluding carboxylic acids is 1. The molecule has 3 heterocycles. The van der Waals surface area contributed by atoms with Crippen LogP contribution in [0.2, 0.25) is 0 Å². The van der Waals surface area contributed by atoms with E-state index in [0.717, 1.165) is 18.4 Å². The fourth-order valence-electron chi connectivity index (χ4n) is 4.65. The number of rotatable bonds is 9. The third-order valence-electron chi connectivity index (χ3n) is 6.55. The van der Waals surface area contributed by atoms with Crippen molar-refractivity contribution in [1.82, 2.24) is 15.0 Å². The highest BCUT2D eigenvalue weighted by atomic mass is 32.2. The molecule has 4 aromatic rings. The number of hydrogen-bond acceptors (Lipinski definition) is 8. The largest absolute Gasteiger partial charge is 0.481 e. The molecular weight excluding hydrogens is 510 g/mol. The van der Waals surface area contributed by atoms with Gasteiger partial charge in [0, 0.05) is 18.5 Å². The van der Waals surface area contributed by atoms with Crippen molar-refractivity contribution in [3.8, 4) is 5.88 Å². The van der Waals surface area contributed by atoms with Crippen LogP contribution >= 0.6 is 11.3 Å². The lowest BCUT2D eigenvalue weighted by atomic mass is 9.87. The van der Waals surface area contributed by atoms with Crippen molar-refractivity contribution in [1.29, 1.82) is 0 Å². The quantitative estimate of drug-likeness (QED) is 0.301. The predicted octanol–water partition coefficient (Wildman–Crippen LogP) is 5.20. The molecule has 0 radical (unpaired) electrons. The summed E-state index contributed by atoms with van der Waals surface area (Å²) in [5.41, 5.74) is 1.89. The number of anilines is 2. The lowest BCUT2D eigenvalue weighted by Gasteiger charge is -2.20. The summed E-state index contributed by atoms with van der Waals surface area (Å²) in [5, 5.41) is 3.44. The van der Waals surface area contributed by atoms with Gasteiger partial charge in [0.1, 0.15) is 10.3 Å². The average molecular weight is 538 g/mol. The summed E-state index contributed by atoms with van der Waals surface area (Å²) >= 11 is 1.29. The molecule has 1 aliphatic carbocycles.